The van der Waals surface area contributed by atoms with Gasteiger partial charge in [0.2, 0.25) is 17.6 Å². The SMILES string of the molecule is O=C(Nc1nonc1-c1ccccc1)C1CC(=O)N(Cc2ccccc2)C1. The van der Waals surface area contributed by atoms with Crippen molar-refractivity contribution in [3.8, 4) is 11.3 Å². The minimum Gasteiger partial charge on any atom is -0.338 e. The summed E-state index contributed by atoms with van der Waals surface area (Å²) in [5.41, 5.74) is 2.30. The Morgan fingerprint density at radius 1 is 1.07 bits per heavy atom. The lowest BCUT2D eigenvalue weighted by molar-refractivity contribution is -0.128. The molecule has 3 aromatic rings. The van der Waals surface area contributed by atoms with Crippen LogP contribution in [0.1, 0.15) is 12.0 Å². The van der Waals surface area contributed by atoms with Crippen molar-refractivity contribution in [2.75, 3.05) is 11.9 Å². The summed E-state index contributed by atoms with van der Waals surface area (Å²) in [6, 6.07) is 19.1. The zero-order chi connectivity index (χ0) is 18.6. The van der Waals surface area contributed by atoms with Crippen LogP contribution in [0, 0.1) is 5.92 Å². The molecule has 1 aromatic heterocycles. The molecule has 0 saturated carbocycles. The Morgan fingerprint density at radius 3 is 2.52 bits per heavy atom. The number of anilines is 1. The van der Waals surface area contributed by atoms with Crippen molar-refractivity contribution >= 4 is 17.6 Å². The van der Waals surface area contributed by atoms with Crippen molar-refractivity contribution in [3.63, 3.8) is 0 Å². The van der Waals surface area contributed by atoms with Gasteiger partial charge in [-0.2, -0.15) is 0 Å². The average molecular weight is 362 g/mol. The first-order chi connectivity index (χ1) is 13.2. The van der Waals surface area contributed by atoms with Gasteiger partial charge in [0, 0.05) is 25.1 Å². The second-order valence-electron chi connectivity index (χ2n) is 6.48. The summed E-state index contributed by atoms with van der Waals surface area (Å²) in [5.74, 6) is -0.450. The zero-order valence-corrected chi connectivity index (χ0v) is 14.5. The Bertz CT molecular complexity index is 940. The third-order valence-electron chi connectivity index (χ3n) is 4.58. The van der Waals surface area contributed by atoms with Crippen LogP contribution in [-0.4, -0.2) is 33.6 Å². The van der Waals surface area contributed by atoms with E-state index in [1.807, 2.05) is 60.7 Å². The van der Waals surface area contributed by atoms with Crippen molar-refractivity contribution in [3.05, 3.63) is 66.2 Å². The number of benzene rings is 2. The van der Waals surface area contributed by atoms with E-state index in [9.17, 15) is 9.59 Å². The second kappa shape index (κ2) is 7.41. The molecule has 2 amide bonds. The number of aromatic nitrogens is 2. The highest BCUT2D eigenvalue weighted by atomic mass is 16.6. The van der Waals surface area contributed by atoms with Crippen LogP contribution >= 0.6 is 0 Å². The minimum absolute atomic E-state index is 0.0273. The van der Waals surface area contributed by atoms with Crippen LogP contribution in [0.15, 0.2) is 65.3 Å². The summed E-state index contributed by atoms with van der Waals surface area (Å²) >= 11 is 0. The number of hydrogen-bond acceptors (Lipinski definition) is 5. The molecule has 1 unspecified atom stereocenters. The molecule has 2 heterocycles. The standard InChI is InChI=1S/C20H18N4O3/c25-17-11-16(13-24(17)12-14-7-3-1-4-8-14)20(26)21-19-18(22-27-23-19)15-9-5-2-6-10-15/h1-10,16H,11-13H2,(H,21,23,26). The van der Waals surface area contributed by atoms with Gasteiger partial charge in [-0.25, -0.2) is 4.63 Å². The van der Waals surface area contributed by atoms with Crippen LogP contribution in [0.2, 0.25) is 0 Å². The lowest BCUT2D eigenvalue weighted by atomic mass is 10.1. The molecule has 0 spiro atoms. The summed E-state index contributed by atoms with van der Waals surface area (Å²) < 4.78 is 4.79. The first-order valence-corrected chi connectivity index (χ1v) is 8.71. The smallest absolute Gasteiger partial charge is 0.231 e. The van der Waals surface area contributed by atoms with Crippen molar-refractivity contribution < 1.29 is 14.2 Å². The van der Waals surface area contributed by atoms with E-state index in [1.165, 1.54) is 0 Å². The Labute approximate surface area is 155 Å². The molecular formula is C20H18N4O3. The largest absolute Gasteiger partial charge is 0.338 e. The topological polar surface area (TPSA) is 88.3 Å². The molecule has 1 aliphatic rings. The van der Waals surface area contributed by atoms with E-state index in [0.29, 0.717) is 18.8 Å². The number of likely N-dealkylation sites (tertiary alicyclic amines) is 1. The average Bonchev–Trinajstić information content (AvgIpc) is 3.30. The molecular weight excluding hydrogens is 344 g/mol. The van der Waals surface area contributed by atoms with Crippen LogP contribution in [0.5, 0.6) is 0 Å². The van der Waals surface area contributed by atoms with Crippen LogP contribution in [-0.2, 0) is 16.1 Å². The van der Waals surface area contributed by atoms with E-state index >= 15 is 0 Å². The lowest BCUT2D eigenvalue weighted by Gasteiger charge is -2.16. The highest BCUT2D eigenvalue weighted by molar-refractivity contribution is 5.98. The summed E-state index contributed by atoms with van der Waals surface area (Å²) in [4.78, 5) is 26.6. The minimum atomic E-state index is -0.429. The number of nitrogens with one attached hydrogen (secondary N) is 1. The number of carbonyl (C=O) groups excluding carboxylic acids is 2. The molecule has 0 radical (unpaired) electrons. The van der Waals surface area contributed by atoms with E-state index in [2.05, 4.69) is 15.6 Å². The van der Waals surface area contributed by atoms with E-state index in [-0.39, 0.29) is 24.1 Å². The Hall–Kier alpha value is -3.48. The second-order valence-corrected chi connectivity index (χ2v) is 6.48. The maximum Gasteiger partial charge on any atom is 0.231 e. The van der Waals surface area contributed by atoms with Gasteiger partial charge in [-0.1, -0.05) is 60.7 Å². The first-order valence-electron chi connectivity index (χ1n) is 8.71. The van der Waals surface area contributed by atoms with E-state index in [4.69, 9.17) is 4.63 Å². The Balaban J connectivity index is 1.43. The third-order valence-corrected chi connectivity index (χ3v) is 4.58. The fraction of sp³-hybridized carbons (Fsp3) is 0.200. The first kappa shape index (κ1) is 17.0. The summed E-state index contributed by atoms with van der Waals surface area (Å²) in [7, 11) is 0. The number of amides is 2. The van der Waals surface area contributed by atoms with E-state index in [0.717, 1.165) is 11.1 Å². The fourth-order valence-corrected chi connectivity index (χ4v) is 3.18. The molecule has 1 atom stereocenters. The van der Waals surface area contributed by atoms with Gasteiger partial charge in [-0.05, 0) is 15.9 Å². The third kappa shape index (κ3) is 3.72. The van der Waals surface area contributed by atoms with Crippen molar-refractivity contribution in [2.45, 2.75) is 13.0 Å². The molecule has 7 nitrogen and oxygen atoms in total. The maximum absolute atomic E-state index is 12.6. The molecule has 2 aromatic carbocycles. The van der Waals surface area contributed by atoms with Gasteiger partial charge in [0.05, 0.1) is 5.92 Å². The van der Waals surface area contributed by atoms with Crippen molar-refractivity contribution in [1.29, 1.82) is 0 Å². The molecule has 1 N–H and O–H groups in total. The predicted octanol–water partition coefficient (Wildman–Crippen LogP) is 2.72. The van der Waals surface area contributed by atoms with Gasteiger partial charge < -0.3 is 10.2 Å². The van der Waals surface area contributed by atoms with E-state index < -0.39 is 5.92 Å². The monoisotopic (exact) mass is 362 g/mol. The van der Waals surface area contributed by atoms with Crippen molar-refractivity contribution in [1.82, 2.24) is 15.2 Å². The number of hydrogen-bond donors (Lipinski definition) is 1. The summed E-state index contributed by atoms with van der Waals surface area (Å²) in [6.45, 7) is 0.885. The fourth-order valence-electron chi connectivity index (χ4n) is 3.18. The molecule has 136 valence electrons. The molecule has 1 fully saturated rings. The van der Waals surface area contributed by atoms with Crippen LogP contribution < -0.4 is 5.32 Å². The van der Waals surface area contributed by atoms with Crippen LogP contribution in [0.4, 0.5) is 5.82 Å². The van der Waals surface area contributed by atoms with Gasteiger partial charge in [0.25, 0.3) is 0 Å². The molecule has 0 bridgehead atoms. The lowest BCUT2D eigenvalue weighted by Crippen LogP contribution is -2.28. The van der Waals surface area contributed by atoms with Gasteiger partial charge >= 0.3 is 0 Å². The van der Waals surface area contributed by atoms with Crippen molar-refractivity contribution in [2.24, 2.45) is 5.92 Å². The molecule has 1 aliphatic heterocycles. The molecule has 1 saturated heterocycles. The number of carbonyl (C=O) groups is 2. The van der Waals surface area contributed by atoms with Crippen LogP contribution in [0.3, 0.4) is 0 Å². The summed E-state index contributed by atoms with van der Waals surface area (Å²) in [5, 5.41) is 10.4. The quantitative estimate of drug-likeness (QED) is 0.754. The zero-order valence-electron chi connectivity index (χ0n) is 14.5. The Kier molecular flexibility index (Phi) is 4.65. The van der Waals surface area contributed by atoms with Crippen LogP contribution in [0.25, 0.3) is 11.3 Å². The van der Waals surface area contributed by atoms with Gasteiger partial charge in [0.1, 0.15) is 0 Å². The molecule has 0 aliphatic carbocycles. The number of nitrogens with zero attached hydrogens (tertiary/aromatic N) is 3. The summed E-state index contributed by atoms with van der Waals surface area (Å²) in [6.07, 6.45) is 0.185. The molecule has 27 heavy (non-hydrogen) atoms. The predicted molar refractivity (Wildman–Crippen MR) is 98.3 cm³/mol. The molecule has 4 rings (SSSR count). The van der Waals surface area contributed by atoms with Gasteiger partial charge in [-0.15, -0.1) is 0 Å². The van der Waals surface area contributed by atoms with Gasteiger partial charge in [-0.3, -0.25) is 9.59 Å². The Morgan fingerprint density at radius 2 is 1.78 bits per heavy atom. The highest BCUT2D eigenvalue weighted by Gasteiger charge is 2.35. The number of rotatable bonds is 5. The van der Waals surface area contributed by atoms with E-state index in [1.54, 1.807) is 4.90 Å². The normalized spacial score (nSPS) is 16.5. The maximum atomic E-state index is 12.6. The molecule has 7 heteroatoms. The van der Waals surface area contributed by atoms with Gasteiger partial charge in [0.15, 0.2) is 5.69 Å². The highest BCUT2D eigenvalue weighted by Crippen LogP contribution is 2.26.